The number of carbonyl (C=O) groups excluding carboxylic acids is 1. The van der Waals surface area contributed by atoms with E-state index in [2.05, 4.69) is 37.9 Å². The molecule has 0 radical (unpaired) electrons. The van der Waals surface area contributed by atoms with Crippen molar-refractivity contribution < 1.29 is 37.8 Å². The number of halogens is 4. The van der Waals surface area contributed by atoms with Gasteiger partial charge in [-0.25, -0.2) is 9.59 Å². The van der Waals surface area contributed by atoms with E-state index in [1.165, 1.54) is 6.07 Å². The summed E-state index contributed by atoms with van der Waals surface area (Å²) in [6.45, 7) is 10.1. The molecule has 192 valence electrons. The first kappa shape index (κ1) is 29.8. The number of anilines is 2. The van der Waals surface area contributed by atoms with Crippen molar-refractivity contribution in [1.29, 1.82) is 0 Å². The van der Waals surface area contributed by atoms with Crippen LogP contribution >= 0.6 is 11.6 Å². The predicted molar refractivity (Wildman–Crippen MR) is 128 cm³/mol. The van der Waals surface area contributed by atoms with Gasteiger partial charge in [0.05, 0.1) is 27.5 Å². The largest absolute Gasteiger partial charge is 0.490 e. The zero-order valence-electron chi connectivity index (χ0n) is 19.7. The number of amides is 1. The zero-order chi connectivity index (χ0) is 26.9. The Morgan fingerprint density at radius 2 is 1.49 bits per heavy atom. The molecule has 0 heterocycles. The smallest absolute Gasteiger partial charge is 0.478 e. The quantitative estimate of drug-likeness (QED) is 0.395. The lowest BCUT2D eigenvalue weighted by molar-refractivity contribution is -0.192. The summed E-state index contributed by atoms with van der Waals surface area (Å²) >= 11 is 6.14. The van der Waals surface area contributed by atoms with Crippen LogP contribution in [0.25, 0.3) is 0 Å². The Labute approximate surface area is 206 Å². The maximum atomic E-state index is 12.8. The molecule has 3 N–H and O–H groups in total. The fraction of sp³-hybridized carbons (Fsp3) is 0.375. The number of nitrogens with one attached hydrogen (secondary N) is 1. The fourth-order valence-corrected chi connectivity index (χ4v) is 3.25. The van der Waals surface area contributed by atoms with E-state index in [0.29, 0.717) is 28.1 Å². The van der Waals surface area contributed by atoms with E-state index in [1.54, 1.807) is 36.4 Å². The predicted octanol–water partition coefficient (Wildman–Crippen LogP) is 6.04. The van der Waals surface area contributed by atoms with Crippen LogP contribution in [-0.4, -0.2) is 47.3 Å². The second kappa shape index (κ2) is 13.0. The molecule has 7 nitrogen and oxygen atoms in total. The molecule has 0 aliphatic heterocycles. The van der Waals surface area contributed by atoms with Crippen molar-refractivity contribution >= 4 is 40.8 Å². The number of rotatable bonds is 8. The number of aromatic carboxylic acids is 1. The molecule has 1 amide bonds. The van der Waals surface area contributed by atoms with E-state index in [1.807, 2.05) is 0 Å². The maximum absolute atomic E-state index is 12.8. The molecule has 2 aromatic carbocycles. The van der Waals surface area contributed by atoms with E-state index >= 15 is 0 Å². The van der Waals surface area contributed by atoms with E-state index < -0.39 is 18.1 Å². The first-order valence-electron chi connectivity index (χ1n) is 10.6. The SMILES string of the molecule is CC(C)CN(CC(C)C)c1ccc(C(=O)O)cc1NC(=O)c1ccccc1Cl.O=C(O)C(F)(F)F. The number of carboxylic acid groups (broad SMARTS) is 2. The average molecular weight is 517 g/mol. The molecule has 0 aliphatic rings. The Kier molecular flexibility index (Phi) is 11.0. The first-order chi connectivity index (χ1) is 16.1. The summed E-state index contributed by atoms with van der Waals surface area (Å²) in [4.78, 5) is 35.3. The molecule has 0 saturated heterocycles. The molecule has 0 saturated carbocycles. The Morgan fingerprint density at radius 3 is 1.91 bits per heavy atom. The fourth-order valence-electron chi connectivity index (χ4n) is 3.03. The van der Waals surface area contributed by atoms with Crippen LogP contribution < -0.4 is 10.2 Å². The highest BCUT2D eigenvalue weighted by Gasteiger charge is 2.38. The maximum Gasteiger partial charge on any atom is 0.490 e. The summed E-state index contributed by atoms with van der Waals surface area (Å²) < 4.78 is 31.7. The average Bonchev–Trinajstić information content (AvgIpc) is 2.72. The Balaban J connectivity index is 0.000000762. The number of aliphatic carboxylic acids is 1. The molecule has 0 bridgehead atoms. The van der Waals surface area contributed by atoms with Gasteiger partial charge in [0.2, 0.25) is 0 Å². The number of benzene rings is 2. The molecule has 2 rings (SSSR count). The van der Waals surface area contributed by atoms with Gasteiger partial charge in [-0.3, -0.25) is 4.79 Å². The molecular weight excluding hydrogens is 489 g/mol. The summed E-state index contributed by atoms with van der Waals surface area (Å²) in [6.07, 6.45) is -5.08. The standard InChI is InChI=1S/C22H27ClN2O3.C2HF3O2/c1-14(2)12-25(13-15(3)4)20-10-9-16(22(27)28)11-19(20)24-21(26)17-7-5-6-8-18(17)23;3-2(4,5)1(6)7/h5-11,14-15H,12-13H2,1-4H3,(H,24,26)(H,27,28);(H,6,7). The lowest BCUT2D eigenvalue weighted by Crippen LogP contribution is -2.32. The van der Waals surface area contributed by atoms with Crippen LogP contribution in [0.4, 0.5) is 24.5 Å². The molecular formula is C24H28ClF3N2O5. The van der Waals surface area contributed by atoms with Crippen molar-refractivity contribution in [2.45, 2.75) is 33.9 Å². The number of carbonyl (C=O) groups is 3. The minimum Gasteiger partial charge on any atom is -0.478 e. The van der Waals surface area contributed by atoms with Gasteiger partial charge >= 0.3 is 18.1 Å². The summed E-state index contributed by atoms with van der Waals surface area (Å²) in [5.74, 6) is -3.36. The van der Waals surface area contributed by atoms with Crippen LogP contribution in [0.2, 0.25) is 5.02 Å². The number of carboxylic acids is 2. The molecule has 0 fully saturated rings. The summed E-state index contributed by atoms with van der Waals surface area (Å²) in [6, 6.07) is 11.6. The van der Waals surface area contributed by atoms with Crippen LogP contribution in [0.5, 0.6) is 0 Å². The van der Waals surface area contributed by atoms with Gasteiger partial charge in [0.15, 0.2) is 0 Å². The van der Waals surface area contributed by atoms with Crippen LogP contribution in [0.1, 0.15) is 48.4 Å². The van der Waals surface area contributed by atoms with Gasteiger partial charge in [-0.05, 0) is 42.2 Å². The van der Waals surface area contributed by atoms with Gasteiger partial charge in [0.25, 0.3) is 5.91 Å². The molecule has 0 aromatic heterocycles. The van der Waals surface area contributed by atoms with Crippen molar-refractivity contribution in [1.82, 2.24) is 0 Å². The molecule has 11 heteroatoms. The number of hydrogen-bond donors (Lipinski definition) is 3. The van der Waals surface area contributed by atoms with Crippen LogP contribution in [-0.2, 0) is 4.79 Å². The Hall–Kier alpha value is -3.27. The lowest BCUT2D eigenvalue weighted by atomic mass is 10.1. The monoisotopic (exact) mass is 516 g/mol. The minimum atomic E-state index is -5.08. The molecule has 0 aliphatic carbocycles. The minimum absolute atomic E-state index is 0.118. The van der Waals surface area contributed by atoms with Crippen LogP contribution in [0.15, 0.2) is 42.5 Å². The van der Waals surface area contributed by atoms with E-state index in [-0.39, 0.29) is 11.5 Å². The van der Waals surface area contributed by atoms with Crippen LogP contribution in [0.3, 0.4) is 0 Å². The van der Waals surface area contributed by atoms with Gasteiger partial charge < -0.3 is 20.4 Å². The van der Waals surface area contributed by atoms with Gasteiger partial charge in [0, 0.05) is 13.1 Å². The highest BCUT2D eigenvalue weighted by atomic mass is 35.5. The van der Waals surface area contributed by atoms with Gasteiger partial charge in [0.1, 0.15) is 0 Å². The normalized spacial score (nSPS) is 11.0. The summed E-state index contributed by atoms with van der Waals surface area (Å²) in [5, 5.41) is 19.7. The Morgan fingerprint density at radius 1 is 0.971 bits per heavy atom. The molecule has 0 unspecified atom stereocenters. The van der Waals surface area contributed by atoms with Gasteiger partial charge in [-0.1, -0.05) is 51.4 Å². The van der Waals surface area contributed by atoms with Crippen molar-refractivity contribution in [3.63, 3.8) is 0 Å². The van der Waals surface area contributed by atoms with Crippen LogP contribution in [0, 0.1) is 11.8 Å². The zero-order valence-corrected chi connectivity index (χ0v) is 20.4. The molecule has 2 aromatic rings. The number of nitrogens with zero attached hydrogens (tertiary/aromatic N) is 1. The third-order valence-corrected chi connectivity index (χ3v) is 4.69. The van der Waals surface area contributed by atoms with Crippen molar-refractivity contribution in [3.8, 4) is 0 Å². The topological polar surface area (TPSA) is 107 Å². The lowest BCUT2D eigenvalue weighted by Gasteiger charge is -2.30. The highest BCUT2D eigenvalue weighted by molar-refractivity contribution is 6.34. The third kappa shape index (κ3) is 9.86. The number of alkyl halides is 3. The van der Waals surface area contributed by atoms with Gasteiger partial charge in [-0.15, -0.1) is 0 Å². The molecule has 35 heavy (non-hydrogen) atoms. The second-order valence-electron chi connectivity index (χ2n) is 8.47. The number of hydrogen-bond acceptors (Lipinski definition) is 4. The van der Waals surface area contributed by atoms with E-state index in [4.69, 9.17) is 21.5 Å². The molecule has 0 spiro atoms. The van der Waals surface area contributed by atoms with Crippen molar-refractivity contribution in [3.05, 3.63) is 58.6 Å². The molecule has 0 atom stereocenters. The first-order valence-corrected chi connectivity index (χ1v) is 11.0. The van der Waals surface area contributed by atoms with Crippen molar-refractivity contribution in [2.75, 3.05) is 23.3 Å². The Bertz CT molecular complexity index is 1030. The van der Waals surface area contributed by atoms with E-state index in [9.17, 15) is 27.9 Å². The highest BCUT2D eigenvalue weighted by Crippen LogP contribution is 2.30. The second-order valence-corrected chi connectivity index (χ2v) is 8.87. The summed E-state index contributed by atoms with van der Waals surface area (Å²) in [7, 11) is 0. The van der Waals surface area contributed by atoms with E-state index in [0.717, 1.165) is 18.8 Å². The summed E-state index contributed by atoms with van der Waals surface area (Å²) in [5.41, 5.74) is 1.72. The van der Waals surface area contributed by atoms with Crippen molar-refractivity contribution in [2.24, 2.45) is 11.8 Å². The third-order valence-electron chi connectivity index (χ3n) is 4.36. The van der Waals surface area contributed by atoms with Gasteiger partial charge in [-0.2, -0.15) is 13.2 Å².